The smallest absolute Gasteiger partial charge is 0.265 e. The number of ether oxygens (including phenoxy) is 3. The zero-order chi connectivity index (χ0) is 32.0. The number of allylic oxidation sites excluding steroid dienone is 1. The molecule has 1 aromatic heterocycles. The first-order chi connectivity index (χ1) is 21.6. The molecule has 0 spiro atoms. The normalized spacial score (nSPS) is 18.2. The number of pyridine rings is 1. The number of halogens is 2. The van der Waals surface area contributed by atoms with Gasteiger partial charge in [-0.25, -0.2) is 8.78 Å². The van der Waals surface area contributed by atoms with E-state index in [4.69, 9.17) is 25.7 Å². The van der Waals surface area contributed by atoms with E-state index in [0.717, 1.165) is 18.2 Å². The summed E-state index contributed by atoms with van der Waals surface area (Å²) in [5.74, 6) is -3.30. The number of fused-ring (bicyclic) bond motifs is 1. The van der Waals surface area contributed by atoms with Crippen molar-refractivity contribution in [2.24, 2.45) is 11.5 Å². The summed E-state index contributed by atoms with van der Waals surface area (Å²) in [5, 5.41) is 0.517. The lowest BCUT2D eigenvalue weighted by Gasteiger charge is -2.42. The second-order valence-corrected chi connectivity index (χ2v) is 10.8. The van der Waals surface area contributed by atoms with Crippen LogP contribution in [0.25, 0.3) is 16.5 Å². The van der Waals surface area contributed by atoms with Gasteiger partial charge in [-0.3, -0.25) is 19.4 Å². The maximum absolute atomic E-state index is 15.9. The Morgan fingerprint density at radius 2 is 1.60 bits per heavy atom. The molecule has 2 heterocycles. The minimum atomic E-state index is -2.10. The molecule has 0 radical (unpaired) electrons. The average Bonchev–Trinajstić information content (AvgIpc) is 3.87. The Labute approximate surface area is 256 Å². The highest BCUT2D eigenvalue weighted by atomic mass is 19.1. The first-order valence-electron chi connectivity index (χ1n) is 14.0. The Morgan fingerprint density at radius 1 is 0.911 bits per heavy atom. The van der Waals surface area contributed by atoms with E-state index >= 15 is 4.39 Å². The van der Waals surface area contributed by atoms with Crippen molar-refractivity contribution < 1.29 is 37.4 Å². The van der Waals surface area contributed by atoms with Crippen LogP contribution in [0.15, 0.2) is 72.6 Å². The SMILES string of the molecule is COc1cc2nccc(Oc3ccc(C4(C(N)=O)CN(C5CC5)C(C(N)=O)=C(c5ccc(F)cc5)C4=O)cc3F)c2cc1OC. The molecule has 45 heavy (non-hydrogen) atoms. The molecule has 1 atom stereocenters. The lowest BCUT2D eigenvalue weighted by Crippen LogP contribution is -2.59. The predicted octanol–water partition coefficient (Wildman–Crippen LogP) is 3.99. The molecule has 2 aliphatic rings. The molecule has 1 saturated carbocycles. The van der Waals surface area contributed by atoms with Crippen molar-refractivity contribution in [2.45, 2.75) is 24.3 Å². The fourth-order valence-electron chi connectivity index (χ4n) is 5.78. The number of carbonyl (C=O) groups is 3. The van der Waals surface area contributed by atoms with E-state index in [-0.39, 0.29) is 46.5 Å². The monoisotopic (exact) mass is 614 g/mol. The summed E-state index contributed by atoms with van der Waals surface area (Å²) in [6.45, 7) is -0.328. The fourth-order valence-corrected chi connectivity index (χ4v) is 5.78. The number of methoxy groups -OCH3 is 2. The number of carbonyl (C=O) groups excluding carboxylic acids is 3. The van der Waals surface area contributed by atoms with Gasteiger partial charge in [0.15, 0.2) is 34.3 Å². The van der Waals surface area contributed by atoms with E-state index in [1.165, 1.54) is 44.7 Å². The second-order valence-electron chi connectivity index (χ2n) is 10.8. The highest BCUT2D eigenvalue weighted by molar-refractivity contribution is 6.36. The molecular weight excluding hydrogens is 586 g/mol. The zero-order valence-corrected chi connectivity index (χ0v) is 24.3. The number of nitrogens with zero attached hydrogens (tertiary/aromatic N) is 2. The van der Waals surface area contributed by atoms with Crippen molar-refractivity contribution in [2.75, 3.05) is 20.8 Å². The summed E-state index contributed by atoms with van der Waals surface area (Å²) in [6.07, 6.45) is 2.84. The van der Waals surface area contributed by atoms with E-state index in [1.807, 2.05) is 0 Å². The van der Waals surface area contributed by atoms with Crippen LogP contribution >= 0.6 is 0 Å². The van der Waals surface area contributed by atoms with Crippen molar-refractivity contribution in [1.82, 2.24) is 9.88 Å². The van der Waals surface area contributed by atoms with Gasteiger partial charge >= 0.3 is 0 Å². The largest absolute Gasteiger partial charge is 0.493 e. The van der Waals surface area contributed by atoms with E-state index in [1.54, 1.807) is 23.1 Å². The molecule has 1 fully saturated rings. The number of hydrogen-bond donors (Lipinski definition) is 2. The molecule has 2 amide bonds. The van der Waals surface area contributed by atoms with Gasteiger partial charge in [-0.15, -0.1) is 0 Å². The van der Waals surface area contributed by atoms with Crippen LogP contribution in [0.3, 0.4) is 0 Å². The Morgan fingerprint density at radius 3 is 2.20 bits per heavy atom. The highest BCUT2D eigenvalue weighted by Gasteiger charge is 2.56. The quantitative estimate of drug-likeness (QED) is 0.269. The number of rotatable bonds is 9. The van der Waals surface area contributed by atoms with Gasteiger partial charge in [0.25, 0.3) is 5.91 Å². The summed E-state index contributed by atoms with van der Waals surface area (Å²) in [6, 6.07) is 13.2. The van der Waals surface area contributed by atoms with Gasteiger partial charge < -0.3 is 30.6 Å². The van der Waals surface area contributed by atoms with Gasteiger partial charge in [-0.05, 0) is 60.4 Å². The average molecular weight is 615 g/mol. The molecule has 1 unspecified atom stereocenters. The number of amides is 2. The molecule has 0 saturated heterocycles. The van der Waals surface area contributed by atoms with Gasteiger partial charge in [0, 0.05) is 30.2 Å². The molecule has 12 heteroatoms. The van der Waals surface area contributed by atoms with Crippen LogP contribution in [0.4, 0.5) is 8.78 Å². The number of primary amides is 2. The van der Waals surface area contributed by atoms with Gasteiger partial charge in [0.2, 0.25) is 5.91 Å². The summed E-state index contributed by atoms with van der Waals surface area (Å²) in [7, 11) is 2.97. The van der Waals surface area contributed by atoms with Gasteiger partial charge in [0.1, 0.15) is 17.3 Å². The summed E-state index contributed by atoms with van der Waals surface area (Å²) < 4.78 is 46.4. The van der Waals surface area contributed by atoms with E-state index in [2.05, 4.69) is 4.98 Å². The molecule has 1 aliphatic heterocycles. The predicted molar refractivity (Wildman–Crippen MR) is 159 cm³/mol. The van der Waals surface area contributed by atoms with Crippen molar-refractivity contribution in [3.63, 3.8) is 0 Å². The van der Waals surface area contributed by atoms with Crippen molar-refractivity contribution in [3.05, 3.63) is 95.3 Å². The van der Waals surface area contributed by atoms with Gasteiger partial charge in [-0.1, -0.05) is 18.2 Å². The molecule has 230 valence electrons. The fraction of sp³-hybridized carbons (Fsp3) is 0.212. The number of Topliss-reactive ketones (excluding diaryl/α,β-unsaturated/α-hetero) is 1. The van der Waals surface area contributed by atoms with Crippen LogP contribution in [0.1, 0.15) is 24.0 Å². The molecule has 3 aromatic carbocycles. The van der Waals surface area contributed by atoms with E-state index in [9.17, 15) is 18.8 Å². The Hall–Kier alpha value is -5.52. The van der Waals surface area contributed by atoms with Crippen LogP contribution in [-0.2, 0) is 19.8 Å². The first kappa shape index (κ1) is 29.5. The third kappa shape index (κ3) is 4.97. The number of nitrogens with two attached hydrogens (primary N) is 2. The van der Waals surface area contributed by atoms with Crippen LogP contribution in [-0.4, -0.2) is 54.3 Å². The third-order valence-electron chi connectivity index (χ3n) is 8.17. The van der Waals surface area contributed by atoms with Crippen molar-refractivity contribution in [3.8, 4) is 23.0 Å². The van der Waals surface area contributed by atoms with Crippen LogP contribution in [0.2, 0.25) is 0 Å². The summed E-state index contributed by atoms with van der Waals surface area (Å²) in [5.41, 5.74) is 9.97. The minimum absolute atomic E-state index is 0.0374. The minimum Gasteiger partial charge on any atom is -0.493 e. The standard InChI is InChI=1S/C33H28F2N4O6/c1-43-26-14-21-23(15-27(26)44-2)38-12-11-24(21)45-25-10-5-18(13-22(25)35)33(32(37)42)16-39(20-8-9-20)29(31(36)41)28(30(33)40)17-3-6-19(34)7-4-17/h3-7,10-15,20H,8-9,16H2,1-2H3,(H2,36,41)(H2,37,42). The number of hydrogen-bond acceptors (Lipinski definition) is 8. The van der Waals surface area contributed by atoms with Crippen molar-refractivity contribution >= 4 is 34.1 Å². The molecule has 0 bridgehead atoms. The first-order valence-corrected chi connectivity index (χ1v) is 14.0. The van der Waals surface area contributed by atoms with E-state index < -0.39 is 34.6 Å². The second kappa shape index (κ2) is 11.2. The Bertz CT molecular complexity index is 1910. The maximum atomic E-state index is 15.9. The topological polar surface area (TPSA) is 147 Å². The van der Waals surface area contributed by atoms with E-state index in [0.29, 0.717) is 35.2 Å². The number of aromatic nitrogens is 1. The van der Waals surface area contributed by atoms with Gasteiger partial charge in [-0.2, -0.15) is 0 Å². The van der Waals surface area contributed by atoms with Crippen LogP contribution in [0.5, 0.6) is 23.0 Å². The van der Waals surface area contributed by atoms with Crippen LogP contribution < -0.4 is 25.7 Å². The molecular formula is C33H28F2N4O6. The van der Waals surface area contributed by atoms with Crippen molar-refractivity contribution in [1.29, 1.82) is 0 Å². The molecule has 1 aliphatic carbocycles. The molecule has 6 rings (SSSR count). The highest BCUT2D eigenvalue weighted by Crippen LogP contribution is 2.45. The maximum Gasteiger partial charge on any atom is 0.265 e. The Balaban J connectivity index is 1.45. The molecule has 4 N–H and O–H groups in total. The lowest BCUT2D eigenvalue weighted by molar-refractivity contribution is -0.134. The lowest BCUT2D eigenvalue weighted by atomic mass is 9.69. The van der Waals surface area contributed by atoms with Gasteiger partial charge in [0.05, 0.1) is 25.3 Å². The summed E-state index contributed by atoms with van der Waals surface area (Å²) >= 11 is 0. The van der Waals surface area contributed by atoms with Crippen LogP contribution in [0, 0.1) is 11.6 Å². The number of benzene rings is 3. The summed E-state index contributed by atoms with van der Waals surface area (Å²) in [4.78, 5) is 46.3. The molecule has 4 aromatic rings. The molecule has 10 nitrogen and oxygen atoms in total. The Kier molecular flexibility index (Phi) is 7.35. The number of ketones is 1. The zero-order valence-electron chi connectivity index (χ0n) is 24.3. The third-order valence-corrected chi connectivity index (χ3v) is 8.17.